The summed E-state index contributed by atoms with van der Waals surface area (Å²) in [7, 11) is -4.67. The second-order valence-corrected chi connectivity index (χ2v) is 2.37. The molecule has 1 aromatic heterocycles. The zero-order valence-electron chi connectivity index (χ0n) is 6.27. The molecule has 1 rings (SSSR count). The van der Waals surface area contributed by atoms with Crippen molar-refractivity contribution in [1.82, 2.24) is 4.98 Å². The first-order valence-corrected chi connectivity index (χ1v) is 3.95. The van der Waals surface area contributed by atoms with Gasteiger partial charge in [0.05, 0.1) is 0 Å². The lowest BCUT2D eigenvalue weighted by molar-refractivity contribution is 0.381. The lowest BCUT2D eigenvalue weighted by Crippen LogP contribution is -1.89. The summed E-state index contributed by atoms with van der Waals surface area (Å²) >= 11 is 0. The average Bonchev–Trinajstić information content (AvgIpc) is 1.88. The topological polar surface area (TPSA) is 87.5 Å². The van der Waals surface area contributed by atoms with Gasteiger partial charge < -0.3 is 0 Å². The number of halogens is 2. The van der Waals surface area contributed by atoms with Crippen molar-refractivity contribution in [3.63, 3.8) is 0 Å². The third kappa shape index (κ3) is 33.4. The minimum atomic E-state index is -4.67. The highest BCUT2D eigenvalue weighted by Gasteiger charge is 1.84. The molecule has 1 aromatic rings. The number of nitrogens with zero attached hydrogens (tertiary/aromatic N) is 1. The summed E-state index contributed by atoms with van der Waals surface area (Å²) in [5.41, 5.74) is 0. The van der Waals surface area contributed by atoms with Crippen LogP contribution in [0.1, 0.15) is 0 Å². The third-order valence-corrected chi connectivity index (χ3v) is 0.566. The zero-order chi connectivity index (χ0) is 8.74. The first-order chi connectivity index (χ1) is 5.00. The van der Waals surface area contributed by atoms with Gasteiger partial charge in [0.1, 0.15) is 0 Å². The highest BCUT2D eigenvalue weighted by molar-refractivity contribution is 8.93. The molecule has 1 heterocycles. The standard InChI is InChI=1S/C5H5N.2BrH.H2O4S/c1-2-4-6-5-3-1;;;1-5(2,3)4/h1-5H;2*1H;(H2,1,2,3,4). The van der Waals surface area contributed by atoms with Gasteiger partial charge in [-0.2, -0.15) is 8.42 Å². The van der Waals surface area contributed by atoms with Crippen molar-refractivity contribution in [2.45, 2.75) is 0 Å². The largest absolute Gasteiger partial charge is 0.394 e. The van der Waals surface area contributed by atoms with Gasteiger partial charge in [0.25, 0.3) is 0 Å². The van der Waals surface area contributed by atoms with Crippen LogP contribution in [0.25, 0.3) is 0 Å². The van der Waals surface area contributed by atoms with Crippen molar-refractivity contribution < 1.29 is 17.5 Å². The second-order valence-electron chi connectivity index (χ2n) is 1.47. The first kappa shape index (κ1) is 18.7. The predicted molar refractivity (Wildman–Crippen MR) is 59.1 cm³/mol. The Kier molecular flexibility index (Phi) is 14.5. The molecule has 78 valence electrons. The van der Waals surface area contributed by atoms with Crippen LogP contribution in [0.4, 0.5) is 0 Å². The smallest absolute Gasteiger partial charge is 0.265 e. The quantitative estimate of drug-likeness (QED) is 0.701. The molecule has 0 radical (unpaired) electrons. The maximum absolute atomic E-state index is 8.74. The molecule has 0 aliphatic carbocycles. The first-order valence-electron chi connectivity index (χ1n) is 2.55. The van der Waals surface area contributed by atoms with Gasteiger partial charge in [0.2, 0.25) is 0 Å². The normalized spacial score (nSPS) is 8.15. The van der Waals surface area contributed by atoms with E-state index in [1.54, 1.807) is 12.4 Å². The van der Waals surface area contributed by atoms with Crippen LogP contribution in [0, 0.1) is 0 Å². The Labute approximate surface area is 97.3 Å². The van der Waals surface area contributed by atoms with Gasteiger partial charge >= 0.3 is 10.4 Å². The van der Waals surface area contributed by atoms with Crippen LogP contribution in [-0.2, 0) is 10.4 Å². The van der Waals surface area contributed by atoms with Gasteiger partial charge in [-0.25, -0.2) is 0 Å². The molecule has 0 saturated carbocycles. The van der Waals surface area contributed by atoms with E-state index in [0.717, 1.165) is 0 Å². The summed E-state index contributed by atoms with van der Waals surface area (Å²) in [5.74, 6) is 0. The molecule has 0 unspecified atom stereocenters. The Hall–Kier alpha value is -0.0200. The van der Waals surface area contributed by atoms with Crippen molar-refractivity contribution >= 4 is 44.4 Å². The van der Waals surface area contributed by atoms with Crippen molar-refractivity contribution in [1.29, 1.82) is 0 Å². The summed E-state index contributed by atoms with van der Waals surface area (Å²) in [6, 6.07) is 5.72. The lowest BCUT2D eigenvalue weighted by Gasteiger charge is -1.70. The fourth-order valence-corrected chi connectivity index (χ4v) is 0.313. The summed E-state index contributed by atoms with van der Waals surface area (Å²) in [6.07, 6.45) is 3.50. The lowest BCUT2D eigenvalue weighted by atomic mass is 10.5. The molecule has 0 aliphatic rings. The summed E-state index contributed by atoms with van der Waals surface area (Å²) in [4.78, 5) is 3.78. The molecule has 0 bridgehead atoms. The number of pyridine rings is 1. The monoisotopic (exact) mass is 337 g/mol. The Morgan fingerprint density at radius 2 is 1.23 bits per heavy atom. The van der Waals surface area contributed by atoms with Crippen molar-refractivity contribution in [3.05, 3.63) is 30.6 Å². The van der Waals surface area contributed by atoms with Crippen molar-refractivity contribution in [2.24, 2.45) is 0 Å². The van der Waals surface area contributed by atoms with E-state index in [2.05, 4.69) is 4.98 Å². The average molecular weight is 339 g/mol. The van der Waals surface area contributed by atoms with Gasteiger partial charge in [-0.05, 0) is 12.1 Å². The third-order valence-electron chi connectivity index (χ3n) is 0.566. The van der Waals surface area contributed by atoms with Crippen LogP contribution in [0.2, 0.25) is 0 Å². The molecule has 0 amide bonds. The zero-order valence-corrected chi connectivity index (χ0v) is 10.5. The summed E-state index contributed by atoms with van der Waals surface area (Å²) in [5, 5.41) is 0. The van der Waals surface area contributed by atoms with E-state index >= 15 is 0 Å². The van der Waals surface area contributed by atoms with E-state index in [1.807, 2.05) is 18.2 Å². The number of hydrogen-bond acceptors (Lipinski definition) is 3. The van der Waals surface area contributed by atoms with Gasteiger partial charge in [0, 0.05) is 12.4 Å². The van der Waals surface area contributed by atoms with Crippen LogP contribution in [0.15, 0.2) is 30.6 Å². The highest BCUT2D eigenvalue weighted by atomic mass is 79.9. The fraction of sp³-hybridized carbons (Fsp3) is 0. The molecule has 0 saturated heterocycles. The van der Waals surface area contributed by atoms with E-state index in [9.17, 15) is 0 Å². The molecule has 2 N–H and O–H groups in total. The number of hydrogen-bond donors (Lipinski definition) is 2. The molecule has 8 heteroatoms. The molecule has 13 heavy (non-hydrogen) atoms. The van der Waals surface area contributed by atoms with E-state index in [0.29, 0.717) is 0 Å². The molecular formula is C5H9Br2NO4S. The summed E-state index contributed by atoms with van der Waals surface area (Å²) in [6.45, 7) is 0. The molecule has 0 aromatic carbocycles. The van der Waals surface area contributed by atoms with Gasteiger partial charge in [0.15, 0.2) is 0 Å². The second kappa shape index (κ2) is 10.1. The Morgan fingerprint density at radius 1 is 0.923 bits per heavy atom. The maximum Gasteiger partial charge on any atom is 0.394 e. The van der Waals surface area contributed by atoms with E-state index in [4.69, 9.17) is 17.5 Å². The summed E-state index contributed by atoms with van der Waals surface area (Å²) < 4.78 is 31.6. The van der Waals surface area contributed by atoms with Gasteiger partial charge in [-0.15, -0.1) is 34.0 Å². The van der Waals surface area contributed by atoms with Crippen molar-refractivity contribution in [3.8, 4) is 0 Å². The minimum Gasteiger partial charge on any atom is -0.265 e. The molecule has 0 fully saturated rings. The van der Waals surface area contributed by atoms with Crippen LogP contribution in [-0.4, -0.2) is 22.5 Å². The van der Waals surface area contributed by atoms with Crippen LogP contribution < -0.4 is 0 Å². The number of aromatic nitrogens is 1. The van der Waals surface area contributed by atoms with Gasteiger partial charge in [-0.1, -0.05) is 6.07 Å². The van der Waals surface area contributed by atoms with E-state index in [-0.39, 0.29) is 34.0 Å². The SMILES string of the molecule is Br.Br.O=S(=O)(O)O.c1ccncc1. The number of rotatable bonds is 0. The highest BCUT2D eigenvalue weighted by Crippen LogP contribution is 1.73. The van der Waals surface area contributed by atoms with E-state index in [1.165, 1.54) is 0 Å². The maximum atomic E-state index is 8.74. The predicted octanol–water partition coefficient (Wildman–Crippen LogP) is 1.58. The minimum absolute atomic E-state index is 0. The molecule has 0 atom stereocenters. The molecule has 5 nitrogen and oxygen atoms in total. The Bertz CT molecular complexity index is 243. The fourth-order valence-electron chi connectivity index (χ4n) is 0.313. The van der Waals surface area contributed by atoms with Gasteiger partial charge in [-0.3, -0.25) is 14.1 Å². The Balaban J connectivity index is -0.000000136. The Morgan fingerprint density at radius 3 is 1.31 bits per heavy atom. The van der Waals surface area contributed by atoms with Crippen LogP contribution >= 0.6 is 34.0 Å². The van der Waals surface area contributed by atoms with Crippen molar-refractivity contribution in [2.75, 3.05) is 0 Å². The van der Waals surface area contributed by atoms with Crippen LogP contribution in [0.3, 0.4) is 0 Å². The molecule has 0 spiro atoms. The molecule has 0 aliphatic heterocycles. The van der Waals surface area contributed by atoms with E-state index < -0.39 is 10.4 Å². The molecular weight excluding hydrogens is 330 g/mol. The van der Waals surface area contributed by atoms with Crippen LogP contribution in [0.5, 0.6) is 0 Å².